The summed E-state index contributed by atoms with van der Waals surface area (Å²) in [6.07, 6.45) is 0.304. The first-order chi connectivity index (χ1) is 12.8. The monoisotopic (exact) mass is 371 g/mol. The van der Waals surface area contributed by atoms with Gasteiger partial charge in [-0.15, -0.1) is 0 Å². The molecule has 2 aromatic carbocycles. The maximum atomic E-state index is 13.1. The molecule has 0 aliphatic heterocycles. The molecular formula is C19H14FNO6. The third-order valence-corrected chi connectivity index (χ3v) is 4.18. The lowest BCUT2D eigenvalue weighted by Gasteiger charge is -2.13. The number of aryl methyl sites for hydroxylation is 1. The predicted molar refractivity (Wildman–Crippen MR) is 91.8 cm³/mol. The van der Waals surface area contributed by atoms with Crippen molar-refractivity contribution in [3.63, 3.8) is 0 Å². The van der Waals surface area contributed by atoms with Crippen molar-refractivity contribution >= 4 is 28.8 Å². The van der Waals surface area contributed by atoms with E-state index in [4.69, 9.17) is 9.52 Å². The Bertz CT molecular complexity index is 1050. The summed E-state index contributed by atoms with van der Waals surface area (Å²) in [5, 5.41) is 18.3. The third kappa shape index (κ3) is 3.29. The van der Waals surface area contributed by atoms with Crippen molar-refractivity contribution in [3.8, 4) is 11.5 Å². The van der Waals surface area contributed by atoms with Crippen LogP contribution in [0.25, 0.3) is 22.6 Å². The van der Waals surface area contributed by atoms with Crippen molar-refractivity contribution in [2.75, 3.05) is 0 Å². The Morgan fingerprint density at radius 3 is 2.33 bits per heavy atom. The normalized spacial score (nSPS) is 12.1. The molecule has 1 atom stereocenters. The van der Waals surface area contributed by atoms with Gasteiger partial charge in [0.2, 0.25) is 5.89 Å². The minimum Gasteiger partial charge on any atom is -0.480 e. The largest absolute Gasteiger partial charge is 0.480 e. The van der Waals surface area contributed by atoms with Crippen LogP contribution in [0.4, 0.5) is 4.39 Å². The quantitative estimate of drug-likeness (QED) is 0.505. The summed E-state index contributed by atoms with van der Waals surface area (Å²) in [7, 11) is 0. The molecule has 0 radical (unpaired) electrons. The highest BCUT2D eigenvalue weighted by atomic mass is 19.1. The fourth-order valence-corrected chi connectivity index (χ4v) is 2.93. The van der Waals surface area contributed by atoms with Gasteiger partial charge in [0.15, 0.2) is 11.5 Å². The molecule has 7 nitrogen and oxygen atoms in total. The van der Waals surface area contributed by atoms with Crippen LogP contribution in [0, 0.1) is 5.82 Å². The number of aliphatic carboxylic acids is 2. The molecule has 138 valence electrons. The summed E-state index contributed by atoms with van der Waals surface area (Å²) in [4.78, 5) is 38.8. The van der Waals surface area contributed by atoms with Crippen LogP contribution < -0.4 is 0 Å². The van der Waals surface area contributed by atoms with Crippen molar-refractivity contribution in [1.82, 2.24) is 4.98 Å². The van der Waals surface area contributed by atoms with E-state index in [0.29, 0.717) is 28.6 Å². The molecule has 3 rings (SSSR count). The van der Waals surface area contributed by atoms with Crippen LogP contribution in [0.2, 0.25) is 0 Å². The number of carbonyl (C=O) groups is 3. The van der Waals surface area contributed by atoms with Gasteiger partial charge in [-0.25, -0.2) is 14.2 Å². The first kappa shape index (κ1) is 18.2. The van der Waals surface area contributed by atoms with Crippen LogP contribution in [0.5, 0.6) is 0 Å². The van der Waals surface area contributed by atoms with Gasteiger partial charge >= 0.3 is 11.9 Å². The summed E-state index contributed by atoms with van der Waals surface area (Å²) in [5.41, 5.74) is 1.67. The number of rotatable bonds is 6. The zero-order valence-corrected chi connectivity index (χ0v) is 14.1. The van der Waals surface area contributed by atoms with E-state index in [1.165, 1.54) is 36.4 Å². The highest BCUT2D eigenvalue weighted by Gasteiger charge is 2.35. The summed E-state index contributed by atoms with van der Waals surface area (Å²) in [5.74, 6) is -6.86. The van der Waals surface area contributed by atoms with Crippen molar-refractivity contribution in [1.29, 1.82) is 0 Å². The molecule has 0 spiro atoms. The number of hydrogen-bond donors (Lipinski definition) is 2. The SMILES string of the molecule is CCc1c(C(C(=O)O)C(=O)C(=O)O)ccc2oc(-c3ccc(F)cc3)nc12. The highest BCUT2D eigenvalue weighted by molar-refractivity contribution is 6.39. The van der Waals surface area contributed by atoms with Crippen molar-refractivity contribution < 1.29 is 33.4 Å². The highest BCUT2D eigenvalue weighted by Crippen LogP contribution is 2.32. The maximum absolute atomic E-state index is 13.1. The molecule has 1 unspecified atom stereocenters. The van der Waals surface area contributed by atoms with Crippen LogP contribution in [-0.4, -0.2) is 32.9 Å². The lowest BCUT2D eigenvalue weighted by molar-refractivity contribution is -0.154. The van der Waals surface area contributed by atoms with Gasteiger partial charge in [-0.3, -0.25) is 9.59 Å². The molecule has 0 aliphatic rings. The van der Waals surface area contributed by atoms with Gasteiger partial charge in [0.05, 0.1) is 0 Å². The Labute approximate surface area is 152 Å². The minimum absolute atomic E-state index is 0.0591. The average Bonchev–Trinajstić information content (AvgIpc) is 3.06. The number of ketones is 1. The molecular weight excluding hydrogens is 357 g/mol. The van der Waals surface area contributed by atoms with E-state index in [9.17, 15) is 23.9 Å². The summed E-state index contributed by atoms with van der Waals surface area (Å²) in [6.45, 7) is 1.73. The van der Waals surface area contributed by atoms with Crippen LogP contribution in [-0.2, 0) is 20.8 Å². The second kappa shape index (κ2) is 6.99. The summed E-state index contributed by atoms with van der Waals surface area (Å²) >= 11 is 0. The number of fused-ring (bicyclic) bond motifs is 1. The number of carboxylic acids is 2. The molecule has 8 heteroatoms. The van der Waals surface area contributed by atoms with Gasteiger partial charge in [-0.1, -0.05) is 13.0 Å². The van der Waals surface area contributed by atoms with Gasteiger partial charge in [0, 0.05) is 5.56 Å². The van der Waals surface area contributed by atoms with Crippen LogP contribution in [0.3, 0.4) is 0 Å². The smallest absolute Gasteiger partial charge is 0.373 e. The van der Waals surface area contributed by atoms with E-state index in [1.54, 1.807) is 6.92 Å². The van der Waals surface area contributed by atoms with Crippen molar-refractivity contribution in [2.24, 2.45) is 0 Å². The van der Waals surface area contributed by atoms with Crippen LogP contribution >= 0.6 is 0 Å². The fraction of sp³-hybridized carbons (Fsp3) is 0.158. The number of carboxylic acid groups (broad SMARTS) is 2. The van der Waals surface area contributed by atoms with E-state index in [1.807, 2.05) is 0 Å². The number of carbonyl (C=O) groups excluding carboxylic acids is 1. The van der Waals surface area contributed by atoms with E-state index >= 15 is 0 Å². The lowest BCUT2D eigenvalue weighted by Crippen LogP contribution is -2.28. The molecule has 0 aliphatic carbocycles. The Morgan fingerprint density at radius 1 is 1.11 bits per heavy atom. The Hall–Kier alpha value is -3.55. The Balaban J connectivity index is 2.18. The molecule has 0 fully saturated rings. The van der Waals surface area contributed by atoms with E-state index in [0.717, 1.165) is 0 Å². The molecule has 0 bridgehead atoms. The first-order valence-electron chi connectivity index (χ1n) is 8.01. The van der Waals surface area contributed by atoms with E-state index in [2.05, 4.69) is 4.98 Å². The molecule has 2 N–H and O–H groups in total. The Kier molecular flexibility index (Phi) is 4.72. The van der Waals surface area contributed by atoms with Crippen LogP contribution in [0.1, 0.15) is 24.0 Å². The van der Waals surface area contributed by atoms with Crippen LogP contribution in [0.15, 0.2) is 40.8 Å². The van der Waals surface area contributed by atoms with Gasteiger partial charge in [0.1, 0.15) is 11.3 Å². The molecule has 0 saturated heterocycles. The number of benzene rings is 2. The first-order valence-corrected chi connectivity index (χ1v) is 8.01. The average molecular weight is 371 g/mol. The van der Waals surface area contributed by atoms with E-state index in [-0.39, 0.29) is 11.5 Å². The predicted octanol–water partition coefficient (Wildman–Crippen LogP) is 3.02. The molecule has 0 amide bonds. The second-order valence-electron chi connectivity index (χ2n) is 5.80. The van der Waals surface area contributed by atoms with Crippen molar-refractivity contribution in [3.05, 3.63) is 53.3 Å². The minimum atomic E-state index is -1.84. The summed E-state index contributed by atoms with van der Waals surface area (Å²) < 4.78 is 18.8. The number of Topliss-reactive ketones (excluding diaryl/α,β-unsaturated/α-hetero) is 1. The second-order valence-corrected chi connectivity index (χ2v) is 5.80. The number of aromatic nitrogens is 1. The molecule has 1 heterocycles. The molecule has 0 saturated carbocycles. The number of hydrogen-bond acceptors (Lipinski definition) is 5. The fourth-order valence-electron chi connectivity index (χ4n) is 2.93. The van der Waals surface area contributed by atoms with Gasteiger partial charge in [-0.2, -0.15) is 0 Å². The zero-order chi connectivity index (χ0) is 19.7. The molecule has 27 heavy (non-hydrogen) atoms. The number of halogens is 1. The van der Waals surface area contributed by atoms with E-state index < -0.39 is 29.5 Å². The maximum Gasteiger partial charge on any atom is 0.373 e. The number of oxazole rings is 1. The van der Waals surface area contributed by atoms with Gasteiger partial charge in [-0.05, 0) is 47.9 Å². The Morgan fingerprint density at radius 2 is 1.78 bits per heavy atom. The van der Waals surface area contributed by atoms with Crippen molar-refractivity contribution in [2.45, 2.75) is 19.3 Å². The lowest BCUT2D eigenvalue weighted by atomic mass is 9.89. The molecule has 1 aromatic heterocycles. The third-order valence-electron chi connectivity index (χ3n) is 4.18. The number of nitrogens with zero attached hydrogens (tertiary/aromatic N) is 1. The zero-order valence-electron chi connectivity index (χ0n) is 14.1. The van der Waals surface area contributed by atoms with Gasteiger partial charge < -0.3 is 14.6 Å². The topological polar surface area (TPSA) is 118 Å². The summed E-state index contributed by atoms with van der Waals surface area (Å²) in [6, 6.07) is 8.28. The molecule has 3 aromatic rings. The van der Waals surface area contributed by atoms with Gasteiger partial charge in [0.25, 0.3) is 5.78 Å². The standard InChI is InChI=1S/C19H14FNO6/c1-2-11-12(14(18(23)24)16(22)19(25)26)7-8-13-15(11)21-17(27-13)9-3-5-10(20)6-4-9/h3-8,14H,2H2,1H3,(H,23,24)(H,25,26).